The number of benzene rings is 1. The van der Waals surface area contributed by atoms with Gasteiger partial charge >= 0.3 is 10.2 Å². The van der Waals surface area contributed by atoms with Crippen LogP contribution in [0.15, 0.2) is 24.3 Å². The summed E-state index contributed by atoms with van der Waals surface area (Å²) in [6, 6.07) is 8.42. The number of nitrogens with zero attached hydrogens (tertiary/aromatic N) is 2. The zero-order chi connectivity index (χ0) is 16.9. The predicted octanol–water partition coefficient (Wildman–Crippen LogP) is 1.17. The Kier molecular flexibility index (Phi) is 5.58. The van der Waals surface area contributed by atoms with Crippen molar-refractivity contribution < 1.29 is 17.9 Å². The second-order valence-corrected chi connectivity index (χ2v) is 6.97. The molecule has 1 fully saturated rings. The molecule has 124 valence electrons. The fourth-order valence-corrected chi connectivity index (χ4v) is 3.57. The number of hydrogen-bond donors (Lipinski definition) is 1. The summed E-state index contributed by atoms with van der Waals surface area (Å²) in [7, 11) is -3.85. The lowest BCUT2D eigenvalue weighted by molar-refractivity contribution is -0.125. The van der Waals surface area contributed by atoms with Crippen molar-refractivity contribution in [1.82, 2.24) is 9.03 Å². The normalized spacial score (nSPS) is 17.0. The summed E-state index contributed by atoms with van der Waals surface area (Å²) < 4.78 is 33.0. The van der Waals surface area contributed by atoms with Gasteiger partial charge in [-0.05, 0) is 31.9 Å². The van der Waals surface area contributed by atoms with Crippen LogP contribution in [0.25, 0.3) is 0 Å². The molecule has 1 N–H and O–H groups in total. The van der Waals surface area contributed by atoms with Gasteiger partial charge in [0.15, 0.2) is 6.10 Å². The summed E-state index contributed by atoms with van der Waals surface area (Å²) in [6.45, 7) is 2.26. The lowest BCUT2D eigenvalue weighted by atomic mass is 10.2. The molecular weight excluding hydrogens is 318 g/mol. The van der Waals surface area contributed by atoms with Crippen LogP contribution in [0.5, 0.6) is 5.75 Å². The van der Waals surface area contributed by atoms with Gasteiger partial charge in [0.2, 0.25) is 0 Å². The summed E-state index contributed by atoms with van der Waals surface area (Å²) in [5.41, 5.74) is 0.283. The Balaban J connectivity index is 2.01. The third-order valence-corrected chi connectivity index (χ3v) is 5.07. The molecule has 8 heteroatoms. The topological polar surface area (TPSA) is 99.5 Å². The van der Waals surface area contributed by atoms with Gasteiger partial charge in [-0.2, -0.15) is 18.0 Å². The van der Waals surface area contributed by atoms with Gasteiger partial charge in [-0.1, -0.05) is 18.6 Å². The molecule has 1 aromatic rings. The maximum Gasteiger partial charge on any atom is 0.303 e. The first kappa shape index (κ1) is 17.2. The van der Waals surface area contributed by atoms with Gasteiger partial charge in [-0.25, -0.2) is 4.72 Å². The van der Waals surface area contributed by atoms with Crippen LogP contribution in [0, 0.1) is 11.3 Å². The first-order valence-electron chi connectivity index (χ1n) is 7.41. The highest BCUT2D eigenvalue weighted by Crippen LogP contribution is 2.18. The van der Waals surface area contributed by atoms with Crippen LogP contribution < -0.4 is 9.46 Å². The maximum atomic E-state index is 12.2. The lowest BCUT2D eigenvalue weighted by Gasteiger charge is -2.26. The van der Waals surface area contributed by atoms with Crippen LogP contribution in [-0.4, -0.2) is 37.8 Å². The average molecular weight is 337 g/mol. The Hall–Kier alpha value is -2.11. The fourth-order valence-electron chi connectivity index (χ4n) is 2.29. The average Bonchev–Trinajstić information content (AvgIpc) is 2.55. The Bertz CT molecular complexity index is 706. The summed E-state index contributed by atoms with van der Waals surface area (Å²) in [5, 5.41) is 8.99. The standard InChI is InChI=1S/C15H19N3O4S/c1-12(22-14-8-4-3-7-13(14)11-16)15(19)17-23(20,21)18-9-5-2-6-10-18/h3-4,7-8,12H,2,5-6,9-10H2,1H3,(H,17,19). The molecule has 1 atom stereocenters. The van der Waals surface area contributed by atoms with Gasteiger partial charge in [0.1, 0.15) is 11.8 Å². The number of hydrogen-bond acceptors (Lipinski definition) is 5. The molecule has 23 heavy (non-hydrogen) atoms. The van der Waals surface area contributed by atoms with Crippen LogP contribution in [0.4, 0.5) is 0 Å². The highest BCUT2D eigenvalue weighted by molar-refractivity contribution is 7.87. The second-order valence-electron chi connectivity index (χ2n) is 5.30. The van der Waals surface area contributed by atoms with E-state index in [1.54, 1.807) is 24.3 Å². The van der Waals surface area contributed by atoms with Crippen molar-refractivity contribution in [2.75, 3.05) is 13.1 Å². The minimum Gasteiger partial charge on any atom is -0.479 e. The molecule has 7 nitrogen and oxygen atoms in total. The van der Waals surface area contributed by atoms with E-state index in [0.717, 1.165) is 19.3 Å². The van der Waals surface area contributed by atoms with Gasteiger partial charge in [-0.3, -0.25) is 4.79 Å². The zero-order valence-corrected chi connectivity index (χ0v) is 13.7. The summed E-state index contributed by atoms with van der Waals surface area (Å²) in [6.07, 6.45) is 1.53. The number of carbonyl (C=O) groups is 1. The number of piperidine rings is 1. The molecule has 0 aliphatic carbocycles. The third kappa shape index (κ3) is 4.43. The van der Waals surface area contributed by atoms with Gasteiger partial charge in [0, 0.05) is 13.1 Å². The SMILES string of the molecule is CC(Oc1ccccc1C#N)C(=O)NS(=O)(=O)N1CCCCC1. The molecule has 1 unspecified atom stereocenters. The molecule has 1 saturated heterocycles. The molecule has 1 amide bonds. The largest absolute Gasteiger partial charge is 0.479 e. The van der Waals surface area contributed by atoms with Crippen molar-refractivity contribution >= 4 is 16.1 Å². The molecule has 2 rings (SSSR count). The molecule has 0 spiro atoms. The number of amides is 1. The van der Waals surface area contributed by atoms with E-state index in [-0.39, 0.29) is 11.3 Å². The zero-order valence-electron chi connectivity index (χ0n) is 12.9. The fraction of sp³-hybridized carbons (Fsp3) is 0.467. The molecule has 1 heterocycles. The van der Waals surface area contributed by atoms with Crippen molar-refractivity contribution in [2.24, 2.45) is 0 Å². The quantitative estimate of drug-likeness (QED) is 0.869. The Morgan fingerprint density at radius 2 is 1.96 bits per heavy atom. The van der Waals surface area contributed by atoms with Crippen molar-refractivity contribution in [3.8, 4) is 11.8 Å². The van der Waals surface area contributed by atoms with E-state index in [0.29, 0.717) is 13.1 Å². The highest BCUT2D eigenvalue weighted by Gasteiger charge is 2.28. The van der Waals surface area contributed by atoms with Gasteiger partial charge < -0.3 is 4.74 Å². The predicted molar refractivity (Wildman–Crippen MR) is 83.7 cm³/mol. The lowest BCUT2D eigenvalue weighted by Crippen LogP contribution is -2.49. The second kappa shape index (κ2) is 7.44. The number of carbonyl (C=O) groups excluding carboxylic acids is 1. The van der Waals surface area contributed by atoms with Gasteiger partial charge in [-0.15, -0.1) is 0 Å². The Labute approximate surface area is 136 Å². The van der Waals surface area contributed by atoms with Crippen LogP contribution in [0.1, 0.15) is 31.7 Å². The van der Waals surface area contributed by atoms with Crippen molar-refractivity contribution in [1.29, 1.82) is 5.26 Å². The number of ether oxygens (including phenoxy) is 1. The van der Waals surface area contributed by atoms with E-state index in [2.05, 4.69) is 0 Å². The van der Waals surface area contributed by atoms with Crippen molar-refractivity contribution in [3.05, 3.63) is 29.8 Å². The molecular formula is C15H19N3O4S. The van der Waals surface area contributed by atoms with E-state index in [1.165, 1.54) is 11.2 Å². The van der Waals surface area contributed by atoms with Crippen LogP contribution in [-0.2, 0) is 15.0 Å². The molecule has 0 saturated carbocycles. The number of nitrogens with one attached hydrogen (secondary N) is 1. The van der Waals surface area contributed by atoms with E-state index < -0.39 is 22.2 Å². The Morgan fingerprint density at radius 3 is 2.61 bits per heavy atom. The van der Waals surface area contributed by atoms with Crippen molar-refractivity contribution in [2.45, 2.75) is 32.3 Å². The van der Waals surface area contributed by atoms with Crippen molar-refractivity contribution in [3.63, 3.8) is 0 Å². The van der Waals surface area contributed by atoms with E-state index >= 15 is 0 Å². The van der Waals surface area contributed by atoms with E-state index in [9.17, 15) is 13.2 Å². The first-order valence-corrected chi connectivity index (χ1v) is 8.85. The molecule has 1 aliphatic heterocycles. The van der Waals surface area contributed by atoms with Crippen LogP contribution in [0.3, 0.4) is 0 Å². The molecule has 0 bridgehead atoms. The van der Waals surface area contributed by atoms with Crippen LogP contribution in [0.2, 0.25) is 0 Å². The smallest absolute Gasteiger partial charge is 0.303 e. The minimum atomic E-state index is -3.85. The van der Waals surface area contributed by atoms with Gasteiger partial charge in [0.25, 0.3) is 5.91 Å². The molecule has 0 radical (unpaired) electrons. The molecule has 1 aliphatic rings. The summed E-state index contributed by atoms with van der Waals surface area (Å²) >= 11 is 0. The highest BCUT2D eigenvalue weighted by atomic mass is 32.2. The third-order valence-electron chi connectivity index (χ3n) is 3.56. The molecule has 0 aromatic heterocycles. The van der Waals surface area contributed by atoms with Crippen LogP contribution >= 0.6 is 0 Å². The van der Waals surface area contributed by atoms with Gasteiger partial charge in [0.05, 0.1) is 5.56 Å². The summed E-state index contributed by atoms with van der Waals surface area (Å²) in [4.78, 5) is 12.1. The van der Waals surface area contributed by atoms with E-state index in [4.69, 9.17) is 10.00 Å². The minimum absolute atomic E-state index is 0.244. The Morgan fingerprint density at radius 1 is 1.30 bits per heavy atom. The monoisotopic (exact) mass is 337 g/mol. The first-order chi connectivity index (χ1) is 10.9. The number of rotatable bonds is 5. The number of para-hydroxylation sites is 1. The molecule has 1 aromatic carbocycles. The number of nitriles is 1. The maximum absolute atomic E-state index is 12.2. The summed E-state index contributed by atoms with van der Waals surface area (Å²) in [5.74, 6) is -0.517. The van der Waals surface area contributed by atoms with E-state index in [1.807, 2.05) is 10.8 Å².